The van der Waals surface area contributed by atoms with Crippen molar-refractivity contribution in [3.05, 3.63) is 76.0 Å². The lowest BCUT2D eigenvalue weighted by Gasteiger charge is -2.34. The summed E-state index contributed by atoms with van der Waals surface area (Å²) in [5.41, 5.74) is 3.58. The third-order valence-corrected chi connectivity index (χ3v) is 6.00. The number of hydrogen-bond acceptors (Lipinski definition) is 3. The number of nitrogens with one attached hydrogen (secondary N) is 1. The molecule has 4 rings (SSSR count). The normalized spacial score (nSPS) is 21.5. The van der Waals surface area contributed by atoms with Crippen molar-refractivity contribution in [3.8, 4) is 5.75 Å². The van der Waals surface area contributed by atoms with Crippen molar-refractivity contribution in [2.45, 2.75) is 44.9 Å². The fraction of sp³-hybridized carbons (Fsp3) is 0.360. The van der Waals surface area contributed by atoms with Crippen molar-refractivity contribution in [2.24, 2.45) is 5.92 Å². The van der Waals surface area contributed by atoms with Gasteiger partial charge in [-0.15, -0.1) is 0 Å². The van der Waals surface area contributed by atoms with Crippen LogP contribution in [0.4, 0.5) is 0 Å². The minimum atomic E-state index is -0.203. The minimum absolute atomic E-state index is 0.0421. The maximum absolute atomic E-state index is 13.2. The second-order valence-electron chi connectivity index (χ2n) is 8.55. The van der Waals surface area contributed by atoms with Crippen LogP contribution in [-0.4, -0.2) is 18.3 Å². The molecule has 1 heterocycles. The molecule has 4 nitrogen and oxygen atoms in total. The first-order chi connectivity index (χ1) is 14.4. The van der Waals surface area contributed by atoms with E-state index in [0.717, 1.165) is 28.1 Å². The third kappa shape index (κ3) is 4.44. The van der Waals surface area contributed by atoms with Crippen molar-refractivity contribution in [3.63, 3.8) is 0 Å². The van der Waals surface area contributed by atoms with E-state index in [-0.39, 0.29) is 23.5 Å². The number of carbonyl (C=O) groups is 2. The van der Waals surface area contributed by atoms with Crippen molar-refractivity contribution in [1.29, 1.82) is 0 Å². The highest BCUT2D eigenvalue weighted by molar-refractivity contribution is 6.30. The van der Waals surface area contributed by atoms with Gasteiger partial charge in [-0.3, -0.25) is 9.59 Å². The van der Waals surface area contributed by atoms with E-state index in [2.05, 4.69) is 19.2 Å². The summed E-state index contributed by atoms with van der Waals surface area (Å²) in [6.45, 7) is 4.90. The highest BCUT2D eigenvalue weighted by Gasteiger charge is 2.38. The quantitative estimate of drug-likeness (QED) is 0.702. The van der Waals surface area contributed by atoms with Crippen LogP contribution in [-0.2, 0) is 9.59 Å². The molecule has 0 bridgehead atoms. The van der Waals surface area contributed by atoms with Crippen LogP contribution in [0.25, 0.3) is 0 Å². The van der Waals surface area contributed by atoms with Crippen LogP contribution in [0, 0.1) is 5.92 Å². The molecule has 2 aliphatic rings. The first-order valence-corrected chi connectivity index (χ1v) is 10.8. The highest BCUT2D eigenvalue weighted by Crippen LogP contribution is 2.42. The molecule has 0 saturated heterocycles. The Bertz CT molecular complexity index is 976. The van der Waals surface area contributed by atoms with Crippen LogP contribution in [0.5, 0.6) is 5.75 Å². The Kier molecular flexibility index (Phi) is 5.96. The van der Waals surface area contributed by atoms with Gasteiger partial charge in [0, 0.05) is 35.1 Å². The van der Waals surface area contributed by atoms with Crippen molar-refractivity contribution >= 4 is 23.3 Å². The first kappa shape index (κ1) is 20.7. The summed E-state index contributed by atoms with van der Waals surface area (Å²) in [5, 5.41) is 3.62. The minimum Gasteiger partial charge on any atom is -0.493 e. The van der Waals surface area contributed by atoms with Crippen LogP contribution in [0.1, 0.15) is 56.1 Å². The Hall–Kier alpha value is -2.59. The molecule has 0 radical (unpaired) electrons. The zero-order valence-corrected chi connectivity index (χ0v) is 18.0. The second-order valence-corrected chi connectivity index (χ2v) is 8.99. The number of rotatable bonds is 5. The summed E-state index contributed by atoms with van der Waals surface area (Å²) in [4.78, 5) is 25.5. The van der Waals surface area contributed by atoms with Gasteiger partial charge in [-0.2, -0.15) is 0 Å². The summed E-state index contributed by atoms with van der Waals surface area (Å²) < 4.78 is 5.76. The van der Waals surface area contributed by atoms with Crippen LogP contribution < -0.4 is 10.1 Å². The number of benzene rings is 2. The summed E-state index contributed by atoms with van der Waals surface area (Å²) in [6, 6.07) is 15.4. The van der Waals surface area contributed by atoms with Gasteiger partial charge in [0.05, 0.1) is 6.61 Å². The summed E-state index contributed by atoms with van der Waals surface area (Å²) in [6.07, 6.45) is 1.40. The summed E-state index contributed by atoms with van der Waals surface area (Å²) in [5.74, 6) is 1.23. The average Bonchev–Trinajstić information content (AvgIpc) is 2.72. The molecule has 156 valence electrons. The van der Waals surface area contributed by atoms with Gasteiger partial charge in [-0.25, -0.2) is 0 Å². The topological polar surface area (TPSA) is 55.4 Å². The van der Waals surface area contributed by atoms with Gasteiger partial charge in [0.1, 0.15) is 5.75 Å². The van der Waals surface area contributed by atoms with Gasteiger partial charge >= 0.3 is 0 Å². The van der Waals surface area contributed by atoms with E-state index in [9.17, 15) is 9.59 Å². The molecule has 2 aromatic rings. The number of carbonyl (C=O) groups excluding carboxylic acids is 2. The van der Waals surface area contributed by atoms with Crippen molar-refractivity contribution in [1.82, 2.24) is 5.32 Å². The predicted molar refractivity (Wildman–Crippen MR) is 118 cm³/mol. The molecule has 30 heavy (non-hydrogen) atoms. The zero-order chi connectivity index (χ0) is 21.3. The van der Waals surface area contributed by atoms with E-state index in [1.54, 1.807) is 0 Å². The maximum atomic E-state index is 13.2. The second kappa shape index (κ2) is 8.65. The molecule has 1 amide bonds. The Balaban J connectivity index is 1.57. The first-order valence-electron chi connectivity index (χ1n) is 10.4. The Labute approximate surface area is 182 Å². The van der Waals surface area contributed by atoms with E-state index in [0.29, 0.717) is 36.8 Å². The molecule has 1 aliphatic carbocycles. The maximum Gasteiger partial charge on any atom is 0.225 e. The lowest BCUT2D eigenvalue weighted by Crippen LogP contribution is -2.38. The number of ether oxygens (including phenoxy) is 1. The Morgan fingerprint density at radius 3 is 2.30 bits per heavy atom. The van der Waals surface area contributed by atoms with Crippen molar-refractivity contribution < 1.29 is 14.3 Å². The fourth-order valence-corrected chi connectivity index (χ4v) is 4.40. The van der Waals surface area contributed by atoms with Gasteiger partial charge in [0.25, 0.3) is 0 Å². The number of amides is 1. The van der Waals surface area contributed by atoms with E-state index in [4.69, 9.17) is 16.3 Å². The molecule has 2 aromatic carbocycles. The smallest absolute Gasteiger partial charge is 0.225 e. The van der Waals surface area contributed by atoms with Crippen LogP contribution in [0.2, 0.25) is 5.02 Å². The molecular formula is C25H26ClNO3. The number of hydrogen-bond donors (Lipinski definition) is 1. The monoisotopic (exact) mass is 423 g/mol. The molecular weight excluding hydrogens is 398 g/mol. The molecule has 2 atom stereocenters. The number of allylic oxidation sites excluding steroid dienone is 2. The molecule has 0 spiro atoms. The van der Waals surface area contributed by atoms with Crippen molar-refractivity contribution in [2.75, 3.05) is 6.61 Å². The third-order valence-electron chi connectivity index (χ3n) is 5.74. The van der Waals surface area contributed by atoms with Gasteiger partial charge in [0.2, 0.25) is 5.91 Å². The average molecular weight is 424 g/mol. The number of halogens is 1. The predicted octanol–water partition coefficient (Wildman–Crippen LogP) is 5.38. The van der Waals surface area contributed by atoms with E-state index in [1.165, 1.54) is 0 Å². The van der Waals surface area contributed by atoms with Gasteiger partial charge in [-0.1, -0.05) is 49.7 Å². The van der Waals surface area contributed by atoms with Gasteiger partial charge in [-0.05, 0) is 53.6 Å². The highest BCUT2D eigenvalue weighted by atomic mass is 35.5. The SMILES string of the molecule is CC(C)COc1ccc(C2CC(=O)C3=C(C2)NC(=O)CC3c2ccc(Cl)cc2)cc1. The molecule has 1 N–H and O–H groups in total. The fourth-order valence-electron chi connectivity index (χ4n) is 4.27. The lowest BCUT2D eigenvalue weighted by molar-refractivity contribution is -0.122. The number of Topliss-reactive ketones (excluding diaryl/α,β-unsaturated/α-hetero) is 1. The van der Waals surface area contributed by atoms with Crippen LogP contribution in [0.15, 0.2) is 59.8 Å². The largest absolute Gasteiger partial charge is 0.493 e. The van der Waals surface area contributed by atoms with Gasteiger partial charge < -0.3 is 10.1 Å². The van der Waals surface area contributed by atoms with E-state index < -0.39 is 0 Å². The molecule has 5 heteroatoms. The van der Waals surface area contributed by atoms with Crippen LogP contribution in [0.3, 0.4) is 0 Å². The molecule has 1 aliphatic heterocycles. The standard InChI is InChI=1S/C25H26ClNO3/c1-15(2)14-30-20-9-5-16(6-10-20)18-11-22-25(23(28)12-18)21(13-24(29)27-22)17-3-7-19(26)8-4-17/h3-10,15,18,21H,11-14H2,1-2H3,(H,27,29). The molecule has 0 saturated carbocycles. The van der Waals surface area contributed by atoms with E-state index in [1.807, 2.05) is 48.5 Å². The summed E-state index contributed by atoms with van der Waals surface area (Å²) in [7, 11) is 0. The molecule has 0 aromatic heterocycles. The van der Waals surface area contributed by atoms with Gasteiger partial charge in [0.15, 0.2) is 5.78 Å². The lowest BCUT2D eigenvalue weighted by atomic mass is 9.73. The summed E-state index contributed by atoms with van der Waals surface area (Å²) >= 11 is 6.01. The molecule has 2 unspecified atom stereocenters. The van der Waals surface area contributed by atoms with E-state index >= 15 is 0 Å². The zero-order valence-electron chi connectivity index (χ0n) is 17.3. The Morgan fingerprint density at radius 2 is 1.63 bits per heavy atom. The van der Waals surface area contributed by atoms with Crippen LogP contribution >= 0.6 is 11.6 Å². The Morgan fingerprint density at radius 1 is 0.967 bits per heavy atom. The number of ketones is 1. The molecule has 0 fully saturated rings.